The minimum atomic E-state index is 0. The number of methoxy groups -OCH3 is 2. The summed E-state index contributed by atoms with van der Waals surface area (Å²) in [5.74, 6) is 0.830. The van der Waals surface area contributed by atoms with Crippen LogP contribution in [0.1, 0.15) is 37.4 Å². The van der Waals surface area contributed by atoms with Crippen molar-refractivity contribution < 1.29 is 9.47 Å². The summed E-state index contributed by atoms with van der Waals surface area (Å²) in [6.07, 6.45) is 4.97. The summed E-state index contributed by atoms with van der Waals surface area (Å²) in [7, 11) is 5.32. The summed E-state index contributed by atoms with van der Waals surface area (Å²) in [6.45, 7) is 2.46. The molecule has 0 radical (unpaired) electrons. The monoisotopic (exact) mass is 461 g/mol. The van der Waals surface area contributed by atoms with Crippen LogP contribution in [-0.4, -0.2) is 46.9 Å². The van der Waals surface area contributed by atoms with Gasteiger partial charge in [-0.3, -0.25) is 4.99 Å². The molecule has 1 aliphatic carbocycles. The molecule has 0 bridgehead atoms. The number of ether oxygens (including phenoxy) is 2. The smallest absolute Gasteiger partial charge is 0.191 e. The second-order valence-electron chi connectivity index (χ2n) is 6.54. The van der Waals surface area contributed by atoms with Crippen LogP contribution in [0.25, 0.3) is 0 Å². The fourth-order valence-electron chi connectivity index (χ4n) is 3.20. The molecule has 2 rings (SSSR count). The molecular weight excluding hydrogens is 429 g/mol. The molecule has 0 spiro atoms. The van der Waals surface area contributed by atoms with Crippen molar-refractivity contribution in [2.45, 2.75) is 31.8 Å². The van der Waals surface area contributed by atoms with Gasteiger partial charge < -0.3 is 20.1 Å². The average molecular weight is 461 g/mol. The third-order valence-corrected chi connectivity index (χ3v) is 5.02. The first-order valence-electron chi connectivity index (χ1n) is 8.74. The first kappa shape index (κ1) is 22.2. The molecule has 2 N–H and O–H groups in total. The summed E-state index contributed by atoms with van der Waals surface area (Å²) in [5, 5.41) is 6.86. The number of halogens is 1. The molecule has 0 amide bonds. The zero-order valence-corrected chi connectivity index (χ0v) is 17.9. The minimum Gasteiger partial charge on any atom is -0.385 e. The van der Waals surface area contributed by atoms with Gasteiger partial charge >= 0.3 is 0 Å². The molecule has 25 heavy (non-hydrogen) atoms. The van der Waals surface area contributed by atoms with E-state index in [0.29, 0.717) is 12.0 Å². The molecule has 1 aromatic carbocycles. The van der Waals surface area contributed by atoms with E-state index in [9.17, 15) is 0 Å². The maximum Gasteiger partial charge on any atom is 0.191 e. The number of nitrogens with zero attached hydrogens (tertiary/aromatic N) is 1. The SMILES string of the molecule is CN=C(NCC(OC)c1ccccc1)NCC1(CCOC)CCC1.I. The van der Waals surface area contributed by atoms with E-state index in [2.05, 4.69) is 27.8 Å². The number of rotatable bonds is 9. The Morgan fingerprint density at radius 3 is 2.44 bits per heavy atom. The number of guanidine groups is 1. The average Bonchev–Trinajstić information content (AvgIpc) is 2.60. The first-order valence-corrected chi connectivity index (χ1v) is 8.74. The predicted molar refractivity (Wildman–Crippen MR) is 114 cm³/mol. The number of benzene rings is 1. The zero-order valence-electron chi connectivity index (χ0n) is 15.6. The standard InChI is InChI=1S/C19H31N3O2.HI/c1-20-18(22-15-19(10-7-11-19)12-13-23-2)21-14-17(24-3)16-8-5-4-6-9-16;/h4-6,8-9,17H,7,10-15H2,1-3H3,(H2,20,21,22);1H. The van der Waals surface area contributed by atoms with Crippen molar-refractivity contribution in [3.05, 3.63) is 35.9 Å². The number of aliphatic imine (C=N–C) groups is 1. The quantitative estimate of drug-likeness (QED) is 0.337. The van der Waals surface area contributed by atoms with E-state index in [0.717, 1.165) is 25.5 Å². The van der Waals surface area contributed by atoms with E-state index >= 15 is 0 Å². The Morgan fingerprint density at radius 2 is 1.92 bits per heavy atom. The highest BCUT2D eigenvalue weighted by atomic mass is 127. The van der Waals surface area contributed by atoms with Crippen molar-refractivity contribution in [2.75, 3.05) is 41.0 Å². The third-order valence-electron chi connectivity index (χ3n) is 5.02. The van der Waals surface area contributed by atoms with Gasteiger partial charge in [0.05, 0.1) is 6.10 Å². The lowest BCUT2D eigenvalue weighted by atomic mass is 9.67. The summed E-state index contributed by atoms with van der Waals surface area (Å²) in [4.78, 5) is 4.34. The van der Waals surface area contributed by atoms with Crippen molar-refractivity contribution in [1.82, 2.24) is 10.6 Å². The highest BCUT2D eigenvalue weighted by molar-refractivity contribution is 14.0. The van der Waals surface area contributed by atoms with Crippen LogP contribution in [0.3, 0.4) is 0 Å². The number of hydrogen-bond donors (Lipinski definition) is 2. The molecule has 6 heteroatoms. The van der Waals surface area contributed by atoms with Gasteiger partial charge in [-0.15, -0.1) is 24.0 Å². The Balaban J connectivity index is 0.00000312. The Labute approximate surface area is 169 Å². The largest absolute Gasteiger partial charge is 0.385 e. The van der Waals surface area contributed by atoms with Crippen molar-refractivity contribution in [3.63, 3.8) is 0 Å². The normalized spacial score (nSPS) is 17.2. The molecule has 0 aromatic heterocycles. The molecule has 0 heterocycles. The van der Waals surface area contributed by atoms with E-state index in [4.69, 9.17) is 9.47 Å². The summed E-state index contributed by atoms with van der Waals surface area (Å²) in [6, 6.07) is 10.2. The molecular formula is C19H32IN3O2. The lowest BCUT2D eigenvalue weighted by molar-refractivity contribution is 0.0730. The second kappa shape index (κ2) is 11.7. The maximum absolute atomic E-state index is 5.60. The van der Waals surface area contributed by atoms with Gasteiger partial charge in [0, 0.05) is 41.0 Å². The van der Waals surface area contributed by atoms with E-state index in [1.54, 1.807) is 14.2 Å². The topological polar surface area (TPSA) is 54.9 Å². The fourth-order valence-corrected chi connectivity index (χ4v) is 3.20. The lowest BCUT2D eigenvalue weighted by Gasteiger charge is -2.42. The van der Waals surface area contributed by atoms with Crippen molar-refractivity contribution in [2.24, 2.45) is 10.4 Å². The zero-order chi connectivity index (χ0) is 17.3. The maximum atomic E-state index is 5.60. The van der Waals surface area contributed by atoms with E-state index in [1.807, 2.05) is 25.2 Å². The van der Waals surface area contributed by atoms with Crippen molar-refractivity contribution in [1.29, 1.82) is 0 Å². The van der Waals surface area contributed by atoms with E-state index in [1.165, 1.54) is 24.8 Å². The highest BCUT2D eigenvalue weighted by Gasteiger charge is 2.36. The van der Waals surface area contributed by atoms with E-state index < -0.39 is 0 Å². The Morgan fingerprint density at radius 1 is 1.20 bits per heavy atom. The van der Waals surface area contributed by atoms with Gasteiger partial charge in [0.15, 0.2) is 5.96 Å². The summed E-state index contributed by atoms with van der Waals surface area (Å²) < 4.78 is 10.9. The van der Waals surface area contributed by atoms with Crippen LogP contribution >= 0.6 is 24.0 Å². The molecule has 1 atom stereocenters. The van der Waals surface area contributed by atoms with Gasteiger partial charge in [0.1, 0.15) is 0 Å². The van der Waals surface area contributed by atoms with Gasteiger partial charge in [-0.05, 0) is 30.2 Å². The van der Waals surface area contributed by atoms with Crippen LogP contribution in [0.5, 0.6) is 0 Å². The molecule has 1 fully saturated rings. The Hall–Kier alpha value is -0.860. The summed E-state index contributed by atoms with van der Waals surface area (Å²) in [5.41, 5.74) is 1.53. The third kappa shape index (κ3) is 6.75. The van der Waals surface area contributed by atoms with Crippen molar-refractivity contribution in [3.8, 4) is 0 Å². The second-order valence-corrected chi connectivity index (χ2v) is 6.54. The predicted octanol–water partition coefficient (Wildman–Crippen LogP) is 3.36. The first-order chi connectivity index (χ1) is 11.7. The fraction of sp³-hybridized carbons (Fsp3) is 0.632. The van der Waals surface area contributed by atoms with Crippen LogP contribution in [0, 0.1) is 5.41 Å². The van der Waals surface area contributed by atoms with Crippen molar-refractivity contribution >= 4 is 29.9 Å². The number of hydrogen-bond acceptors (Lipinski definition) is 3. The van der Waals surface area contributed by atoms with Crippen LogP contribution in [0.4, 0.5) is 0 Å². The van der Waals surface area contributed by atoms with Gasteiger partial charge in [-0.2, -0.15) is 0 Å². The van der Waals surface area contributed by atoms with Crippen LogP contribution < -0.4 is 10.6 Å². The Kier molecular flexibility index (Phi) is 10.4. The van der Waals surface area contributed by atoms with Gasteiger partial charge in [0.2, 0.25) is 0 Å². The summed E-state index contributed by atoms with van der Waals surface area (Å²) >= 11 is 0. The number of nitrogens with one attached hydrogen (secondary N) is 2. The van der Waals surface area contributed by atoms with Crippen LogP contribution in [0.15, 0.2) is 35.3 Å². The van der Waals surface area contributed by atoms with Gasteiger partial charge in [0.25, 0.3) is 0 Å². The minimum absolute atomic E-state index is 0. The van der Waals surface area contributed by atoms with E-state index in [-0.39, 0.29) is 30.1 Å². The molecule has 1 saturated carbocycles. The highest BCUT2D eigenvalue weighted by Crippen LogP contribution is 2.43. The van der Waals surface area contributed by atoms with Gasteiger partial charge in [-0.1, -0.05) is 36.8 Å². The van der Waals surface area contributed by atoms with Gasteiger partial charge in [-0.25, -0.2) is 0 Å². The van der Waals surface area contributed by atoms with Crippen LogP contribution in [0.2, 0.25) is 0 Å². The molecule has 1 aliphatic rings. The molecule has 1 aromatic rings. The lowest BCUT2D eigenvalue weighted by Crippen LogP contribution is -2.47. The molecule has 1 unspecified atom stereocenters. The molecule has 0 aliphatic heterocycles. The Bertz CT molecular complexity index is 507. The van der Waals surface area contributed by atoms with Crippen LogP contribution in [-0.2, 0) is 9.47 Å². The molecule has 5 nitrogen and oxygen atoms in total. The molecule has 0 saturated heterocycles. The molecule has 142 valence electrons.